The van der Waals surface area contributed by atoms with Gasteiger partial charge in [-0.2, -0.15) is 0 Å². The van der Waals surface area contributed by atoms with Crippen LogP contribution in [0.2, 0.25) is 0 Å². The summed E-state index contributed by atoms with van der Waals surface area (Å²) >= 11 is 0. The number of methoxy groups -OCH3 is 1. The third-order valence-electron chi connectivity index (χ3n) is 4.89. The van der Waals surface area contributed by atoms with Crippen molar-refractivity contribution in [3.63, 3.8) is 0 Å². The van der Waals surface area contributed by atoms with Crippen LogP contribution in [0.4, 0.5) is 5.69 Å². The molecular formula is C24H27N2O4S. The standard InChI is InChI=1S/C24H27N2O4S/c1-16-14-19(30-5)21(24(2,3)4)22(20(16)18-12-9-13-25-23(18)27)26-31(28,29)15-17-10-7-6-8-11-17/h6-14,26H,1,15H2,2-5H3,(H,25,27). The van der Waals surface area contributed by atoms with Crippen LogP contribution in [0.15, 0.2) is 59.5 Å². The lowest BCUT2D eigenvalue weighted by molar-refractivity contribution is 0.398. The van der Waals surface area contributed by atoms with Gasteiger partial charge in [0, 0.05) is 22.9 Å². The highest BCUT2D eigenvalue weighted by Gasteiger charge is 2.30. The van der Waals surface area contributed by atoms with Crippen LogP contribution in [0.3, 0.4) is 0 Å². The van der Waals surface area contributed by atoms with E-state index in [2.05, 4.69) is 16.6 Å². The van der Waals surface area contributed by atoms with Crippen molar-refractivity contribution in [3.05, 3.63) is 88.7 Å². The highest BCUT2D eigenvalue weighted by molar-refractivity contribution is 7.91. The second kappa shape index (κ2) is 8.59. The van der Waals surface area contributed by atoms with Gasteiger partial charge in [-0.3, -0.25) is 9.52 Å². The van der Waals surface area contributed by atoms with Crippen molar-refractivity contribution < 1.29 is 13.2 Å². The largest absolute Gasteiger partial charge is 0.496 e. The van der Waals surface area contributed by atoms with Crippen LogP contribution >= 0.6 is 0 Å². The summed E-state index contributed by atoms with van der Waals surface area (Å²) in [6.45, 7) is 9.96. The van der Waals surface area contributed by atoms with Gasteiger partial charge in [-0.25, -0.2) is 8.42 Å². The van der Waals surface area contributed by atoms with Crippen LogP contribution in [-0.2, 0) is 21.2 Å². The zero-order chi connectivity index (χ0) is 22.8. The summed E-state index contributed by atoms with van der Waals surface area (Å²) in [4.78, 5) is 15.3. The number of benzene rings is 2. The predicted molar refractivity (Wildman–Crippen MR) is 125 cm³/mol. The van der Waals surface area contributed by atoms with E-state index >= 15 is 0 Å². The molecule has 0 spiro atoms. The number of ether oxygens (including phenoxy) is 1. The number of anilines is 1. The number of rotatable bonds is 6. The molecule has 0 saturated heterocycles. The molecule has 31 heavy (non-hydrogen) atoms. The molecule has 7 heteroatoms. The predicted octanol–water partition coefficient (Wildman–Crippen LogP) is 4.47. The third-order valence-corrected chi connectivity index (χ3v) is 6.12. The maximum atomic E-state index is 13.2. The average molecular weight is 440 g/mol. The molecule has 0 saturated carbocycles. The molecule has 0 aliphatic carbocycles. The zero-order valence-electron chi connectivity index (χ0n) is 18.2. The molecule has 6 nitrogen and oxygen atoms in total. The lowest BCUT2D eigenvalue weighted by Gasteiger charge is -2.29. The van der Waals surface area contributed by atoms with E-state index in [0.717, 1.165) is 0 Å². The van der Waals surface area contributed by atoms with Gasteiger partial charge >= 0.3 is 0 Å². The number of hydrogen-bond donors (Lipinski definition) is 2. The molecule has 2 aromatic carbocycles. The number of aromatic amines is 1. The Kier molecular flexibility index (Phi) is 6.27. The van der Waals surface area contributed by atoms with E-state index in [1.807, 2.05) is 26.8 Å². The first-order valence-electron chi connectivity index (χ1n) is 9.83. The minimum atomic E-state index is -3.80. The van der Waals surface area contributed by atoms with Crippen LogP contribution in [0.25, 0.3) is 11.1 Å². The molecule has 0 fully saturated rings. The Morgan fingerprint density at radius 2 is 1.77 bits per heavy atom. The molecule has 0 amide bonds. The topological polar surface area (TPSA) is 88.3 Å². The molecule has 163 valence electrons. The van der Waals surface area contributed by atoms with E-state index in [9.17, 15) is 13.2 Å². The van der Waals surface area contributed by atoms with E-state index in [4.69, 9.17) is 4.74 Å². The minimum Gasteiger partial charge on any atom is -0.496 e. The van der Waals surface area contributed by atoms with Gasteiger partial charge in [-0.1, -0.05) is 51.1 Å². The molecule has 1 aromatic heterocycles. The van der Waals surface area contributed by atoms with Gasteiger partial charge in [-0.15, -0.1) is 0 Å². The first kappa shape index (κ1) is 22.6. The monoisotopic (exact) mass is 439 g/mol. The Balaban J connectivity index is 2.28. The zero-order valence-corrected chi connectivity index (χ0v) is 19.0. The molecule has 0 unspecified atom stereocenters. The summed E-state index contributed by atoms with van der Waals surface area (Å²) in [5.74, 6) is 0.303. The number of hydrogen-bond acceptors (Lipinski definition) is 4. The average Bonchev–Trinajstić information content (AvgIpc) is 2.67. The smallest absolute Gasteiger partial charge is 0.255 e. The Labute approximate surface area is 183 Å². The van der Waals surface area contributed by atoms with Gasteiger partial charge in [0.2, 0.25) is 10.0 Å². The van der Waals surface area contributed by atoms with Gasteiger partial charge in [0.15, 0.2) is 0 Å². The summed E-state index contributed by atoms with van der Waals surface area (Å²) in [5, 5.41) is 0. The van der Waals surface area contributed by atoms with Gasteiger partial charge in [0.05, 0.1) is 18.6 Å². The molecule has 3 rings (SSSR count). The Morgan fingerprint density at radius 1 is 1.10 bits per heavy atom. The summed E-state index contributed by atoms with van der Waals surface area (Å²) in [5.41, 5.74) is 2.05. The van der Waals surface area contributed by atoms with E-state index in [1.54, 1.807) is 42.5 Å². The summed E-state index contributed by atoms with van der Waals surface area (Å²) in [7, 11) is -2.27. The molecule has 0 bridgehead atoms. The van der Waals surface area contributed by atoms with Gasteiger partial charge in [0.25, 0.3) is 5.56 Å². The second-order valence-corrected chi connectivity index (χ2v) is 10.1. The molecule has 1 radical (unpaired) electrons. The van der Waals surface area contributed by atoms with Crippen molar-refractivity contribution in [3.8, 4) is 16.9 Å². The Hall–Kier alpha value is -3.06. The van der Waals surface area contributed by atoms with Crippen molar-refractivity contribution in [2.75, 3.05) is 11.8 Å². The van der Waals surface area contributed by atoms with Crippen molar-refractivity contribution in [1.82, 2.24) is 4.98 Å². The lowest BCUT2D eigenvalue weighted by Crippen LogP contribution is -2.23. The molecule has 0 aliphatic heterocycles. The molecule has 2 N–H and O–H groups in total. The van der Waals surface area contributed by atoms with Gasteiger partial charge in [-0.05, 0) is 41.7 Å². The summed E-state index contributed by atoms with van der Waals surface area (Å²) < 4.78 is 34.7. The minimum absolute atomic E-state index is 0.203. The maximum absolute atomic E-state index is 13.2. The third kappa shape index (κ3) is 4.99. The first-order valence-corrected chi connectivity index (χ1v) is 11.5. The molecule has 0 atom stereocenters. The van der Waals surface area contributed by atoms with Crippen LogP contribution in [0.5, 0.6) is 5.75 Å². The fourth-order valence-electron chi connectivity index (χ4n) is 3.63. The fraction of sp³-hybridized carbons (Fsp3) is 0.250. The van der Waals surface area contributed by atoms with Crippen molar-refractivity contribution >= 4 is 15.7 Å². The number of aromatic nitrogens is 1. The van der Waals surface area contributed by atoms with Gasteiger partial charge < -0.3 is 9.72 Å². The number of pyridine rings is 1. The SMILES string of the molecule is [CH2]c1cc(OC)c(C(C)(C)C)c(NS(=O)(=O)Cc2ccccc2)c1-c1ccc[nH]c1=O. The van der Waals surface area contributed by atoms with Crippen molar-refractivity contribution in [2.24, 2.45) is 0 Å². The Bertz CT molecular complexity index is 1240. The van der Waals surface area contributed by atoms with E-state index < -0.39 is 15.4 Å². The second-order valence-electron chi connectivity index (χ2n) is 8.37. The van der Waals surface area contributed by atoms with Crippen LogP contribution in [0.1, 0.15) is 37.5 Å². The molecular weight excluding hydrogens is 412 g/mol. The van der Waals surface area contributed by atoms with Crippen LogP contribution in [0, 0.1) is 6.92 Å². The summed E-state index contributed by atoms with van der Waals surface area (Å²) in [6, 6.07) is 14.0. The first-order chi connectivity index (χ1) is 14.5. The highest BCUT2D eigenvalue weighted by Crippen LogP contribution is 2.45. The van der Waals surface area contributed by atoms with E-state index in [1.165, 1.54) is 13.3 Å². The molecule has 3 aromatic rings. The molecule has 1 heterocycles. The molecule has 0 aliphatic rings. The van der Waals surface area contributed by atoms with Crippen LogP contribution < -0.4 is 15.0 Å². The van der Waals surface area contributed by atoms with Crippen molar-refractivity contribution in [1.29, 1.82) is 0 Å². The van der Waals surface area contributed by atoms with Gasteiger partial charge in [0.1, 0.15) is 5.75 Å². The number of sulfonamides is 1. The Morgan fingerprint density at radius 3 is 2.35 bits per heavy atom. The van der Waals surface area contributed by atoms with Crippen LogP contribution in [-0.4, -0.2) is 20.5 Å². The summed E-state index contributed by atoms with van der Waals surface area (Å²) in [6.07, 6.45) is 1.53. The number of H-pyrrole nitrogens is 1. The maximum Gasteiger partial charge on any atom is 0.255 e. The van der Waals surface area contributed by atoms with E-state index in [0.29, 0.717) is 39.3 Å². The van der Waals surface area contributed by atoms with E-state index in [-0.39, 0.29) is 11.3 Å². The van der Waals surface area contributed by atoms with Crippen molar-refractivity contribution in [2.45, 2.75) is 31.9 Å². The highest BCUT2D eigenvalue weighted by atomic mass is 32.2. The quantitative estimate of drug-likeness (QED) is 0.593. The number of nitrogens with one attached hydrogen (secondary N) is 2. The lowest BCUT2D eigenvalue weighted by atomic mass is 9.81. The normalized spacial score (nSPS) is 11.9. The fourth-order valence-corrected chi connectivity index (χ4v) is 4.85.